The number of hydrogen-bond donors (Lipinski definition) is 4. The number of pyridine rings is 1. The summed E-state index contributed by atoms with van der Waals surface area (Å²) >= 11 is 0. The Hall–Kier alpha value is -3.29. The van der Waals surface area contributed by atoms with Crippen LogP contribution in [0, 0.1) is 0 Å². The van der Waals surface area contributed by atoms with Crippen LogP contribution in [-0.2, 0) is 22.4 Å². The summed E-state index contributed by atoms with van der Waals surface area (Å²) in [7, 11) is 0. The van der Waals surface area contributed by atoms with E-state index in [4.69, 9.17) is 11.5 Å². The van der Waals surface area contributed by atoms with Crippen molar-refractivity contribution in [1.82, 2.24) is 15.6 Å². The summed E-state index contributed by atoms with van der Waals surface area (Å²) < 4.78 is 0. The number of benzene rings is 2. The molecule has 7 heteroatoms. The molecule has 0 radical (unpaired) electrons. The Bertz CT molecular complexity index is 1040. The van der Waals surface area contributed by atoms with E-state index >= 15 is 0 Å². The molecular weight excluding hydrogens is 414 g/mol. The molecule has 0 aliphatic carbocycles. The molecule has 0 saturated carbocycles. The fourth-order valence-corrected chi connectivity index (χ4v) is 3.69. The summed E-state index contributed by atoms with van der Waals surface area (Å²) in [5.41, 5.74) is 14.5. The largest absolute Gasteiger partial charge is 0.354 e. The number of amides is 2. The summed E-state index contributed by atoms with van der Waals surface area (Å²) in [6.45, 7) is 0.990. The van der Waals surface area contributed by atoms with Gasteiger partial charge in [0.25, 0.3) is 0 Å². The third-order valence-electron chi connectivity index (χ3n) is 5.56. The van der Waals surface area contributed by atoms with E-state index in [-0.39, 0.29) is 11.8 Å². The normalized spacial score (nSPS) is 12.8. The van der Waals surface area contributed by atoms with Crippen LogP contribution in [-0.4, -0.2) is 42.0 Å². The van der Waals surface area contributed by atoms with Crippen molar-refractivity contribution in [2.24, 2.45) is 11.5 Å². The number of nitrogens with two attached hydrogens (primary N) is 2. The Morgan fingerprint density at radius 3 is 2.48 bits per heavy atom. The number of aryl methyl sites for hydroxylation is 1. The molecule has 33 heavy (non-hydrogen) atoms. The summed E-state index contributed by atoms with van der Waals surface area (Å²) in [6.07, 6.45) is 4.89. The molecule has 174 valence electrons. The summed E-state index contributed by atoms with van der Waals surface area (Å²) in [5.74, 6) is -0.572. The zero-order valence-corrected chi connectivity index (χ0v) is 18.9. The Labute approximate surface area is 195 Å². The second kappa shape index (κ2) is 12.7. The number of nitrogens with zero attached hydrogens (tertiary/aromatic N) is 1. The quantitative estimate of drug-likeness (QED) is 0.317. The van der Waals surface area contributed by atoms with Gasteiger partial charge in [0.15, 0.2) is 0 Å². The zero-order chi connectivity index (χ0) is 23.5. The van der Waals surface area contributed by atoms with Crippen LogP contribution in [0.15, 0.2) is 66.9 Å². The average Bonchev–Trinajstić information content (AvgIpc) is 2.85. The van der Waals surface area contributed by atoms with Crippen molar-refractivity contribution in [2.75, 3.05) is 13.1 Å². The highest BCUT2D eigenvalue weighted by Crippen LogP contribution is 2.14. The minimum atomic E-state index is -0.735. The monoisotopic (exact) mass is 447 g/mol. The van der Waals surface area contributed by atoms with Gasteiger partial charge in [-0.05, 0) is 55.5 Å². The molecule has 2 aromatic carbocycles. The number of fused-ring (bicyclic) bond motifs is 1. The van der Waals surface area contributed by atoms with E-state index in [0.29, 0.717) is 32.4 Å². The van der Waals surface area contributed by atoms with E-state index in [2.05, 4.69) is 27.8 Å². The fraction of sp³-hybridized carbons (Fsp3) is 0.346. The van der Waals surface area contributed by atoms with Crippen molar-refractivity contribution in [3.8, 4) is 0 Å². The average molecular weight is 448 g/mol. The molecule has 1 heterocycles. The van der Waals surface area contributed by atoms with Gasteiger partial charge in [0.2, 0.25) is 11.8 Å². The van der Waals surface area contributed by atoms with Gasteiger partial charge < -0.3 is 22.1 Å². The van der Waals surface area contributed by atoms with Crippen LogP contribution in [0.2, 0.25) is 0 Å². The predicted octanol–water partition coefficient (Wildman–Crippen LogP) is 2.08. The minimum Gasteiger partial charge on any atom is -0.354 e. The number of carbonyl (C=O) groups excluding carboxylic acids is 2. The van der Waals surface area contributed by atoms with Crippen LogP contribution in [0.25, 0.3) is 10.9 Å². The Kier molecular flexibility index (Phi) is 9.35. The first-order valence-electron chi connectivity index (χ1n) is 11.5. The molecule has 0 spiro atoms. The highest BCUT2D eigenvalue weighted by molar-refractivity contribution is 5.90. The summed E-state index contributed by atoms with van der Waals surface area (Å²) in [5, 5.41) is 6.79. The van der Waals surface area contributed by atoms with Crippen molar-refractivity contribution >= 4 is 22.7 Å². The third-order valence-corrected chi connectivity index (χ3v) is 5.56. The molecule has 0 fully saturated rings. The number of para-hydroxylation sites is 1. The molecule has 6 N–H and O–H groups in total. The van der Waals surface area contributed by atoms with E-state index in [1.54, 1.807) is 6.20 Å². The van der Waals surface area contributed by atoms with Crippen LogP contribution in [0.3, 0.4) is 0 Å². The van der Waals surface area contributed by atoms with Gasteiger partial charge in [0, 0.05) is 24.5 Å². The second-order valence-corrected chi connectivity index (χ2v) is 8.22. The van der Waals surface area contributed by atoms with E-state index in [1.807, 2.05) is 48.5 Å². The SMILES string of the molecule is NCCC[C@@H](N)C(=O)N[C@@H](Cc1cnc2ccccc2c1)C(=O)NCCCc1ccccc1. The van der Waals surface area contributed by atoms with Gasteiger partial charge in [0.1, 0.15) is 6.04 Å². The van der Waals surface area contributed by atoms with Crippen molar-refractivity contribution in [1.29, 1.82) is 0 Å². The number of rotatable bonds is 12. The lowest BCUT2D eigenvalue weighted by molar-refractivity contribution is -0.129. The van der Waals surface area contributed by atoms with Gasteiger partial charge in [-0.2, -0.15) is 0 Å². The molecule has 2 atom stereocenters. The Balaban J connectivity index is 1.64. The van der Waals surface area contributed by atoms with Gasteiger partial charge in [-0.25, -0.2) is 0 Å². The Morgan fingerprint density at radius 1 is 0.939 bits per heavy atom. The van der Waals surface area contributed by atoms with Crippen LogP contribution >= 0.6 is 0 Å². The first-order valence-corrected chi connectivity index (χ1v) is 11.5. The molecule has 3 rings (SSSR count). The highest BCUT2D eigenvalue weighted by atomic mass is 16.2. The molecule has 0 aliphatic heterocycles. The molecule has 0 unspecified atom stereocenters. The van der Waals surface area contributed by atoms with Crippen molar-refractivity contribution in [2.45, 2.75) is 44.2 Å². The van der Waals surface area contributed by atoms with Crippen molar-refractivity contribution < 1.29 is 9.59 Å². The smallest absolute Gasteiger partial charge is 0.242 e. The Morgan fingerprint density at radius 2 is 1.70 bits per heavy atom. The maximum Gasteiger partial charge on any atom is 0.242 e. The zero-order valence-electron chi connectivity index (χ0n) is 18.9. The standard InChI is InChI=1S/C26H33N5O2/c27-14-6-12-22(28)25(32)31-24(17-20-16-21-11-4-5-13-23(21)30-18-20)26(33)29-15-7-10-19-8-2-1-3-9-19/h1-5,8-9,11,13,16,18,22,24H,6-7,10,12,14-15,17,27-28H2,(H,29,33)(H,31,32)/t22-,24+/m1/s1. The molecule has 3 aromatic rings. The van der Waals surface area contributed by atoms with E-state index in [9.17, 15) is 9.59 Å². The molecule has 0 bridgehead atoms. The van der Waals surface area contributed by atoms with Gasteiger partial charge in [-0.15, -0.1) is 0 Å². The van der Waals surface area contributed by atoms with E-state index in [0.717, 1.165) is 29.3 Å². The topological polar surface area (TPSA) is 123 Å². The lowest BCUT2D eigenvalue weighted by Crippen LogP contribution is -2.52. The third kappa shape index (κ3) is 7.66. The lowest BCUT2D eigenvalue weighted by Gasteiger charge is -2.21. The number of nitrogens with one attached hydrogen (secondary N) is 2. The van der Waals surface area contributed by atoms with Crippen LogP contribution in [0.4, 0.5) is 0 Å². The van der Waals surface area contributed by atoms with Crippen LogP contribution < -0.4 is 22.1 Å². The van der Waals surface area contributed by atoms with Crippen LogP contribution in [0.5, 0.6) is 0 Å². The summed E-state index contributed by atoms with van der Waals surface area (Å²) in [6, 6.07) is 18.5. The highest BCUT2D eigenvalue weighted by Gasteiger charge is 2.24. The molecular formula is C26H33N5O2. The number of aromatic nitrogens is 1. The molecule has 2 amide bonds. The maximum atomic E-state index is 13.0. The second-order valence-electron chi connectivity index (χ2n) is 8.22. The van der Waals surface area contributed by atoms with Crippen molar-refractivity contribution in [3.63, 3.8) is 0 Å². The fourth-order valence-electron chi connectivity index (χ4n) is 3.69. The van der Waals surface area contributed by atoms with Crippen molar-refractivity contribution in [3.05, 3.63) is 78.0 Å². The van der Waals surface area contributed by atoms with E-state index < -0.39 is 12.1 Å². The van der Waals surface area contributed by atoms with Gasteiger partial charge >= 0.3 is 0 Å². The van der Waals surface area contributed by atoms with Crippen LogP contribution in [0.1, 0.15) is 30.4 Å². The molecule has 7 nitrogen and oxygen atoms in total. The minimum absolute atomic E-state index is 0.226. The maximum absolute atomic E-state index is 13.0. The molecule has 0 aliphatic rings. The van der Waals surface area contributed by atoms with Gasteiger partial charge in [-0.1, -0.05) is 48.5 Å². The molecule has 1 aromatic heterocycles. The predicted molar refractivity (Wildman–Crippen MR) is 131 cm³/mol. The van der Waals surface area contributed by atoms with E-state index in [1.165, 1.54) is 5.56 Å². The first-order chi connectivity index (χ1) is 16.1. The van der Waals surface area contributed by atoms with Gasteiger partial charge in [-0.3, -0.25) is 14.6 Å². The number of carbonyl (C=O) groups is 2. The number of hydrogen-bond acceptors (Lipinski definition) is 5. The first kappa shape index (κ1) is 24.4. The van der Waals surface area contributed by atoms with Gasteiger partial charge in [0.05, 0.1) is 11.6 Å². The lowest BCUT2D eigenvalue weighted by atomic mass is 10.0. The summed E-state index contributed by atoms with van der Waals surface area (Å²) in [4.78, 5) is 30.1. The molecule has 0 saturated heterocycles.